The third-order valence-electron chi connectivity index (χ3n) is 8.84. The SMILES string of the molecule is O=C(Cl)c1cccc(OCc2cc(OCc3ccccc3)cc(OCc3ccccc3)c2)c1OCc1cc(OCc2ccccc2)cc(OCc2ccccc2)c1. The van der Waals surface area contributed by atoms with Crippen molar-refractivity contribution in [3.63, 3.8) is 0 Å². The molecule has 0 aliphatic heterocycles. The number of halogens is 1. The number of hydrogen-bond donors (Lipinski definition) is 0. The van der Waals surface area contributed by atoms with Crippen LogP contribution < -0.4 is 28.4 Å². The molecule has 57 heavy (non-hydrogen) atoms. The number of carbonyl (C=O) groups is 1. The second-order valence-corrected chi connectivity index (χ2v) is 13.5. The molecule has 0 aromatic heterocycles. The molecular weight excluding hydrogens is 736 g/mol. The Morgan fingerprint density at radius 2 is 0.684 bits per heavy atom. The standard InChI is InChI=1S/C49H41ClO7/c50-49(51)46-22-13-23-47(56-34-40-24-42(52-30-36-14-5-1-6-15-36)28-43(25-40)53-31-37-16-7-2-8-17-37)48(46)57-35-41-26-44(54-32-38-18-9-3-10-19-38)29-45(27-41)55-33-39-20-11-4-12-21-39/h1-29H,30-35H2. The van der Waals surface area contributed by atoms with Crippen LogP contribution >= 0.6 is 11.6 Å². The van der Waals surface area contributed by atoms with Gasteiger partial charge in [-0.15, -0.1) is 0 Å². The molecule has 7 nitrogen and oxygen atoms in total. The molecule has 0 saturated heterocycles. The quantitative estimate of drug-likeness (QED) is 0.0757. The van der Waals surface area contributed by atoms with E-state index in [1.807, 2.05) is 158 Å². The van der Waals surface area contributed by atoms with Gasteiger partial charge in [0, 0.05) is 12.1 Å². The van der Waals surface area contributed by atoms with Crippen molar-refractivity contribution in [2.24, 2.45) is 0 Å². The van der Waals surface area contributed by atoms with Crippen molar-refractivity contribution in [2.75, 3.05) is 0 Å². The molecule has 0 spiro atoms. The highest BCUT2D eigenvalue weighted by atomic mass is 35.5. The Morgan fingerprint density at radius 3 is 1.04 bits per heavy atom. The fraction of sp³-hybridized carbons (Fsp3) is 0.122. The minimum Gasteiger partial charge on any atom is -0.489 e. The number of para-hydroxylation sites is 1. The summed E-state index contributed by atoms with van der Waals surface area (Å²) in [6, 6.07) is 56.2. The molecule has 0 unspecified atom stereocenters. The number of benzene rings is 7. The lowest BCUT2D eigenvalue weighted by Crippen LogP contribution is -2.06. The summed E-state index contributed by atoms with van der Waals surface area (Å²) in [6.45, 7) is 1.73. The van der Waals surface area contributed by atoms with Crippen LogP contribution in [0.5, 0.6) is 34.5 Å². The van der Waals surface area contributed by atoms with Gasteiger partial charge in [0.15, 0.2) is 11.5 Å². The number of rotatable bonds is 19. The molecule has 0 fully saturated rings. The normalized spacial score (nSPS) is 10.7. The van der Waals surface area contributed by atoms with Gasteiger partial charge in [-0.2, -0.15) is 0 Å². The second kappa shape index (κ2) is 19.8. The molecule has 0 amide bonds. The van der Waals surface area contributed by atoms with Gasteiger partial charge in [-0.05, 0) is 81.4 Å². The Hall–Kier alpha value is -6.70. The number of hydrogen-bond acceptors (Lipinski definition) is 7. The number of carbonyl (C=O) groups excluding carboxylic acids is 1. The Kier molecular flexibility index (Phi) is 13.4. The molecular formula is C49H41ClO7. The minimum atomic E-state index is -0.671. The van der Waals surface area contributed by atoms with Crippen molar-refractivity contribution >= 4 is 16.8 Å². The summed E-state index contributed by atoms with van der Waals surface area (Å²) in [4.78, 5) is 12.7. The molecule has 7 rings (SSSR count). The van der Waals surface area contributed by atoms with Gasteiger partial charge in [0.05, 0.1) is 5.56 Å². The fourth-order valence-corrected chi connectivity index (χ4v) is 6.12. The first-order valence-corrected chi connectivity index (χ1v) is 19.0. The summed E-state index contributed by atoms with van der Waals surface area (Å²) in [6.07, 6.45) is 0. The largest absolute Gasteiger partial charge is 0.489 e. The summed E-state index contributed by atoms with van der Waals surface area (Å²) in [5.41, 5.74) is 5.88. The summed E-state index contributed by atoms with van der Waals surface area (Å²) in [5, 5.41) is -0.671. The molecule has 0 saturated carbocycles. The van der Waals surface area contributed by atoms with Gasteiger partial charge < -0.3 is 28.4 Å². The summed E-state index contributed by atoms with van der Waals surface area (Å²) in [7, 11) is 0. The predicted octanol–water partition coefficient (Wildman–Crippen LogP) is 11.5. The minimum absolute atomic E-state index is 0.0715. The van der Waals surface area contributed by atoms with Crippen LogP contribution in [0.2, 0.25) is 0 Å². The molecule has 8 heteroatoms. The van der Waals surface area contributed by atoms with Crippen LogP contribution in [-0.2, 0) is 39.6 Å². The van der Waals surface area contributed by atoms with E-state index < -0.39 is 5.24 Å². The predicted molar refractivity (Wildman–Crippen MR) is 221 cm³/mol. The smallest absolute Gasteiger partial charge is 0.256 e. The maximum absolute atomic E-state index is 12.7. The topological polar surface area (TPSA) is 72.5 Å². The van der Waals surface area contributed by atoms with Crippen LogP contribution in [0.3, 0.4) is 0 Å². The molecule has 0 aliphatic rings. The highest BCUT2D eigenvalue weighted by Gasteiger charge is 2.18. The highest BCUT2D eigenvalue weighted by Crippen LogP contribution is 2.35. The van der Waals surface area contributed by atoms with Crippen molar-refractivity contribution in [1.82, 2.24) is 0 Å². The van der Waals surface area contributed by atoms with Crippen LogP contribution in [0.25, 0.3) is 0 Å². The van der Waals surface area contributed by atoms with E-state index in [0.29, 0.717) is 55.2 Å². The van der Waals surface area contributed by atoms with Gasteiger partial charge in [0.1, 0.15) is 62.6 Å². The maximum atomic E-state index is 12.7. The highest BCUT2D eigenvalue weighted by molar-refractivity contribution is 6.68. The zero-order valence-electron chi connectivity index (χ0n) is 31.2. The van der Waals surface area contributed by atoms with E-state index >= 15 is 0 Å². The van der Waals surface area contributed by atoms with Crippen LogP contribution in [0.4, 0.5) is 0 Å². The third kappa shape index (κ3) is 11.7. The summed E-state index contributed by atoms with van der Waals surface area (Å²) in [5.74, 6) is 3.05. The van der Waals surface area contributed by atoms with Crippen molar-refractivity contribution in [3.8, 4) is 34.5 Å². The van der Waals surface area contributed by atoms with E-state index in [-0.39, 0.29) is 24.5 Å². The van der Waals surface area contributed by atoms with Crippen molar-refractivity contribution in [3.05, 3.63) is 215 Å². The molecule has 0 N–H and O–H groups in total. The second-order valence-electron chi connectivity index (χ2n) is 13.2. The molecule has 286 valence electrons. The van der Waals surface area contributed by atoms with Crippen molar-refractivity contribution in [2.45, 2.75) is 39.6 Å². The fourth-order valence-electron chi connectivity index (χ4n) is 5.97. The average molecular weight is 777 g/mol. The monoisotopic (exact) mass is 776 g/mol. The van der Waals surface area contributed by atoms with Crippen LogP contribution in [0.1, 0.15) is 43.7 Å². The van der Waals surface area contributed by atoms with Crippen LogP contribution in [0, 0.1) is 0 Å². The number of ether oxygens (including phenoxy) is 6. The average Bonchev–Trinajstić information content (AvgIpc) is 3.26. The Labute approximate surface area is 337 Å². The van der Waals surface area contributed by atoms with E-state index in [0.717, 1.165) is 33.4 Å². The Bertz CT molecular complexity index is 2210. The zero-order chi connectivity index (χ0) is 39.1. The molecule has 0 aliphatic carbocycles. The Morgan fingerprint density at radius 1 is 0.351 bits per heavy atom. The molecule has 0 heterocycles. The van der Waals surface area contributed by atoms with E-state index in [4.69, 9.17) is 40.0 Å². The summed E-state index contributed by atoms with van der Waals surface area (Å²) >= 11 is 6.09. The van der Waals surface area contributed by atoms with Gasteiger partial charge in [-0.3, -0.25) is 4.79 Å². The van der Waals surface area contributed by atoms with Gasteiger partial charge in [-0.25, -0.2) is 0 Å². The van der Waals surface area contributed by atoms with Gasteiger partial charge in [0.25, 0.3) is 5.24 Å². The third-order valence-corrected chi connectivity index (χ3v) is 9.04. The zero-order valence-corrected chi connectivity index (χ0v) is 32.0. The van der Waals surface area contributed by atoms with Gasteiger partial charge in [0.2, 0.25) is 0 Å². The maximum Gasteiger partial charge on any atom is 0.256 e. The lowest BCUT2D eigenvalue weighted by atomic mass is 10.1. The molecule has 0 radical (unpaired) electrons. The first-order chi connectivity index (χ1) is 28.0. The first kappa shape index (κ1) is 38.6. The van der Waals surface area contributed by atoms with Crippen LogP contribution in [0.15, 0.2) is 176 Å². The van der Waals surface area contributed by atoms with Crippen LogP contribution in [-0.4, -0.2) is 5.24 Å². The van der Waals surface area contributed by atoms with E-state index in [1.165, 1.54) is 0 Å². The van der Waals surface area contributed by atoms with E-state index in [1.54, 1.807) is 18.2 Å². The lowest BCUT2D eigenvalue weighted by molar-refractivity contribution is 0.107. The van der Waals surface area contributed by atoms with Gasteiger partial charge >= 0.3 is 0 Å². The first-order valence-electron chi connectivity index (χ1n) is 18.6. The Balaban J connectivity index is 1.10. The van der Waals surface area contributed by atoms with Crippen molar-refractivity contribution in [1.29, 1.82) is 0 Å². The molecule has 7 aromatic rings. The molecule has 0 bridgehead atoms. The van der Waals surface area contributed by atoms with E-state index in [9.17, 15) is 4.79 Å². The van der Waals surface area contributed by atoms with Crippen molar-refractivity contribution < 1.29 is 33.2 Å². The van der Waals surface area contributed by atoms with Gasteiger partial charge in [-0.1, -0.05) is 127 Å². The lowest BCUT2D eigenvalue weighted by Gasteiger charge is -2.17. The van der Waals surface area contributed by atoms with E-state index in [2.05, 4.69) is 0 Å². The molecule has 0 atom stereocenters. The summed E-state index contributed by atoms with van der Waals surface area (Å²) < 4.78 is 37.5. The molecule has 7 aromatic carbocycles.